The summed E-state index contributed by atoms with van der Waals surface area (Å²) < 4.78 is 38.6. The van der Waals surface area contributed by atoms with Gasteiger partial charge >= 0.3 is 0 Å². The van der Waals surface area contributed by atoms with Crippen LogP contribution in [0.4, 0.5) is 23.0 Å². The average Bonchev–Trinajstić information content (AvgIpc) is 2.74. The summed E-state index contributed by atoms with van der Waals surface area (Å²) in [5.74, 6) is 2.71. The van der Waals surface area contributed by atoms with Crippen molar-refractivity contribution in [3.05, 3.63) is 54.4 Å². The number of hydrogen-bond donors (Lipinski definition) is 2. The number of methoxy groups -OCH3 is 2. The Bertz CT molecular complexity index is 1160. The minimum absolute atomic E-state index is 0.00997. The van der Waals surface area contributed by atoms with E-state index in [1.54, 1.807) is 36.4 Å². The molecule has 31 heavy (non-hydrogen) atoms. The average molecular weight is 444 g/mol. The summed E-state index contributed by atoms with van der Waals surface area (Å²) in [4.78, 5) is 10.6. The number of nitrogens with one attached hydrogen (secondary N) is 2. The second-order valence-corrected chi connectivity index (χ2v) is 8.53. The van der Waals surface area contributed by atoms with Crippen LogP contribution in [0.25, 0.3) is 0 Å². The second kappa shape index (κ2) is 9.09. The minimum Gasteiger partial charge on any atom is -0.497 e. The zero-order valence-corrected chi connectivity index (χ0v) is 18.8. The molecule has 0 fully saturated rings. The van der Waals surface area contributed by atoms with Gasteiger partial charge in [0, 0.05) is 37.6 Å². The molecule has 2 N–H and O–H groups in total. The number of anilines is 4. The summed E-state index contributed by atoms with van der Waals surface area (Å²) in [6.45, 7) is 1.82. The lowest BCUT2D eigenvalue weighted by molar-refractivity contribution is 0.392. The van der Waals surface area contributed by atoms with Crippen molar-refractivity contribution in [3.63, 3.8) is 0 Å². The quantitative estimate of drug-likeness (QED) is 0.546. The van der Waals surface area contributed by atoms with Crippen LogP contribution in [0.3, 0.4) is 0 Å². The van der Waals surface area contributed by atoms with Crippen molar-refractivity contribution in [2.45, 2.75) is 11.8 Å². The topological polar surface area (TPSA) is 106 Å². The van der Waals surface area contributed by atoms with E-state index in [1.807, 2.05) is 32.0 Å². The van der Waals surface area contributed by atoms with E-state index >= 15 is 0 Å². The Morgan fingerprint density at radius 2 is 1.58 bits per heavy atom. The van der Waals surface area contributed by atoms with Gasteiger partial charge in [0.1, 0.15) is 33.9 Å². The second-order valence-electron chi connectivity index (χ2n) is 6.88. The van der Waals surface area contributed by atoms with Gasteiger partial charge in [0.05, 0.1) is 14.2 Å². The number of aromatic nitrogens is 2. The molecular formula is C21H25N5O4S. The molecule has 2 aromatic carbocycles. The van der Waals surface area contributed by atoms with E-state index in [0.717, 1.165) is 11.5 Å². The first-order chi connectivity index (χ1) is 14.7. The third kappa shape index (κ3) is 5.34. The molecule has 1 heterocycles. The Labute approximate surface area is 182 Å². The normalized spacial score (nSPS) is 11.0. The number of ether oxygens (including phenoxy) is 2. The number of hydrogen-bond acceptors (Lipinski definition) is 8. The number of nitrogens with zero attached hydrogens (tertiary/aromatic N) is 3. The molecule has 0 radical (unpaired) electrons. The van der Waals surface area contributed by atoms with E-state index in [0.29, 0.717) is 23.1 Å². The van der Waals surface area contributed by atoms with Crippen molar-refractivity contribution in [3.8, 4) is 11.5 Å². The highest BCUT2D eigenvalue weighted by Gasteiger charge is 2.21. The van der Waals surface area contributed by atoms with Gasteiger partial charge in [0.25, 0.3) is 10.0 Å². The fourth-order valence-corrected chi connectivity index (χ4v) is 4.06. The molecule has 3 rings (SSSR count). The summed E-state index contributed by atoms with van der Waals surface area (Å²) >= 11 is 0. The Kier molecular flexibility index (Phi) is 6.50. The first-order valence-electron chi connectivity index (χ1n) is 9.37. The largest absolute Gasteiger partial charge is 0.497 e. The van der Waals surface area contributed by atoms with Crippen molar-refractivity contribution < 1.29 is 17.9 Å². The molecule has 0 spiro atoms. The van der Waals surface area contributed by atoms with Gasteiger partial charge in [-0.05, 0) is 43.3 Å². The molecule has 0 aliphatic heterocycles. The molecule has 0 aliphatic rings. The highest BCUT2D eigenvalue weighted by molar-refractivity contribution is 7.92. The summed E-state index contributed by atoms with van der Waals surface area (Å²) in [6.07, 6.45) is 0. The molecule has 0 amide bonds. The van der Waals surface area contributed by atoms with E-state index in [-0.39, 0.29) is 10.6 Å². The first kappa shape index (κ1) is 22.2. The molecule has 10 heteroatoms. The highest BCUT2D eigenvalue weighted by atomic mass is 32.2. The van der Waals surface area contributed by atoms with Crippen LogP contribution in [-0.4, -0.2) is 46.7 Å². The monoisotopic (exact) mass is 443 g/mol. The molecule has 1 aromatic heterocycles. The summed E-state index contributed by atoms with van der Waals surface area (Å²) in [5.41, 5.74) is 1.16. The third-order valence-electron chi connectivity index (χ3n) is 4.35. The maximum absolute atomic E-state index is 12.9. The molecule has 0 atom stereocenters. The predicted octanol–water partition coefficient (Wildman–Crippen LogP) is 3.41. The number of aryl methyl sites for hydroxylation is 1. The smallest absolute Gasteiger partial charge is 0.265 e. The van der Waals surface area contributed by atoms with Crippen molar-refractivity contribution >= 4 is 33.0 Å². The van der Waals surface area contributed by atoms with E-state index < -0.39 is 10.0 Å². The molecule has 0 unspecified atom stereocenters. The lowest BCUT2D eigenvalue weighted by Crippen LogP contribution is -2.14. The van der Waals surface area contributed by atoms with Gasteiger partial charge in [-0.25, -0.2) is 18.4 Å². The fourth-order valence-electron chi connectivity index (χ4n) is 2.82. The molecule has 0 aliphatic carbocycles. The van der Waals surface area contributed by atoms with Gasteiger partial charge in [-0.15, -0.1) is 0 Å². The number of rotatable bonds is 8. The van der Waals surface area contributed by atoms with Gasteiger partial charge in [-0.3, -0.25) is 4.72 Å². The van der Waals surface area contributed by atoms with Gasteiger partial charge in [0.2, 0.25) is 0 Å². The molecule has 0 saturated heterocycles. The SMILES string of the molecule is COc1ccc(OC)c(S(=O)(=O)Nc2ccc(Nc3cc(N(C)C)nc(C)n3)cc2)c1. The highest BCUT2D eigenvalue weighted by Crippen LogP contribution is 2.30. The van der Waals surface area contributed by atoms with E-state index in [2.05, 4.69) is 20.0 Å². The van der Waals surface area contributed by atoms with Crippen LogP contribution in [0, 0.1) is 6.92 Å². The van der Waals surface area contributed by atoms with Crippen LogP contribution < -0.4 is 24.4 Å². The van der Waals surface area contributed by atoms with Crippen LogP contribution in [0.2, 0.25) is 0 Å². The van der Waals surface area contributed by atoms with Gasteiger partial charge in [0.15, 0.2) is 0 Å². The van der Waals surface area contributed by atoms with E-state index in [1.165, 1.54) is 20.3 Å². The Morgan fingerprint density at radius 1 is 0.903 bits per heavy atom. The molecule has 9 nitrogen and oxygen atoms in total. The molecule has 0 saturated carbocycles. The molecule has 164 valence electrons. The van der Waals surface area contributed by atoms with Gasteiger partial charge in [-0.1, -0.05) is 0 Å². The summed E-state index contributed by atoms with van der Waals surface area (Å²) in [6, 6.07) is 13.3. The summed E-state index contributed by atoms with van der Waals surface area (Å²) in [7, 11) is 2.82. The Morgan fingerprint density at radius 3 is 2.19 bits per heavy atom. The van der Waals surface area contributed by atoms with Crippen molar-refractivity contribution in [2.24, 2.45) is 0 Å². The maximum atomic E-state index is 12.9. The maximum Gasteiger partial charge on any atom is 0.265 e. The van der Waals surface area contributed by atoms with Crippen molar-refractivity contribution in [2.75, 3.05) is 43.3 Å². The molecule has 3 aromatic rings. The summed E-state index contributed by atoms with van der Waals surface area (Å²) in [5, 5.41) is 3.20. The molecular weight excluding hydrogens is 418 g/mol. The lowest BCUT2D eigenvalue weighted by atomic mass is 10.3. The number of benzene rings is 2. The van der Waals surface area contributed by atoms with E-state index in [9.17, 15) is 8.42 Å². The zero-order valence-electron chi connectivity index (χ0n) is 18.0. The third-order valence-corrected chi connectivity index (χ3v) is 5.75. The van der Waals surface area contributed by atoms with Crippen LogP contribution in [0.1, 0.15) is 5.82 Å². The Hall–Kier alpha value is -3.53. The van der Waals surface area contributed by atoms with Crippen LogP contribution in [-0.2, 0) is 10.0 Å². The minimum atomic E-state index is -3.88. The van der Waals surface area contributed by atoms with Gasteiger partial charge in [-0.2, -0.15) is 0 Å². The lowest BCUT2D eigenvalue weighted by Gasteiger charge is -2.15. The van der Waals surface area contributed by atoms with Crippen molar-refractivity contribution in [1.82, 2.24) is 9.97 Å². The van der Waals surface area contributed by atoms with Crippen LogP contribution in [0.5, 0.6) is 11.5 Å². The van der Waals surface area contributed by atoms with E-state index in [4.69, 9.17) is 9.47 Å². The van der Waals surface area contributed by atoms with Crippen LogP contribution >= 0.6 is 0 Å². The zero-order chi connectivity index (χ0) is 22.6. The van der Waals surface area contributed by atoms with Gasteiger partial charge < -0.3 is 19.7 Å². The first-order valence-corrected chi connectivity index (χ1v) is 10.8. The Balaban J connectivity index is 1.80. The molecule has 0 bridgehead atoms. The number of sulfonamides is 1. The standard InChI is InChI=1S/C21H25N5O4S/c1-14-22-20(13-21(23-14)26(2)3)24-15-6-8-16(9-7-15)25-31(27,28)19-12-17(29-4)10-11-18(19)30-5/h6-13,25H,1-5H3,(H,22,23,24). The van der Waals surface area contributed by atoms with Crippen LogP contribution in [0.15, 0.2) is 53.4 Å². The van der Waals surface area contributed by atoms with Crippen molar-refractivity contribution in [1.29, 1.82) is 0 Å². The fraction of sp³-hybridized carbons (Fsp3) is 0.238. The predicted molar refractivity (Wildman–Crippen MR) is 121 cm³/mol.